The Morgan fingerprint density at radius 2 is 1.79 bits per heavy atom. The van der Waals surface area contributed by atoms with Crippen LogP contribution in [0.1, 0.15) is 12.8 Å². The van der Waals surface area contributed by atoms with Crippen LogP contribution in [0.25, 0.3) is 10.9 Å². The van der Waals surface area contributed by atoms with Crippen LogP contribution in [0.2, 0.25) is 0 Å². The number of methoxy groups -OCH3 is 1. The van der Waals surface area contributed by atoms with Crippen molar-refractivity contribution in [2.24, 2.45) is 0 Å². The first-order valence-electron chi connectivity index (χ1n) is 9.22. The number of hydrogen-bond acceptors (Lipinski definition) is 5. The Morgan fingerprint density at radius 1 is 1.04 bits per heavy atom. The molecule has 0 amide bonds. The van der Waals surface area contributed by atoms with E-state index < -0.39 is 10.0 Å². The smallest absolute Gasteiger partial charge is 0.243 e. The van der Waals surface area contributed by atoms with Crippen LogP contribution in [0, 0.1) is 0 Å². The molecule has 28 heavy (non-hydrogen) atoms. The lowest BCUT2D eigenvalue weighted by Crippen LogP contribution is -2.41. The number of ether oxygens (including phenoxy) is 2. The summed E-state index contributed by atoms with van der Waals surface area (Å²) in [6.07, 6.45) is 2.97. The lowest BCUT2D eigenvalue weighted by Gasteiger charge is -2.31. The van der Waals surface area contributed by atoms with Crippen LogP contribution in [0.15, 0.2) is 65.7 Å². The maximum absolute atomic E-state index is 12.9. The highest BCUT2D eigenvalue weighted by molar-refractivity contribution is 7.89. The molecular weight excluding hydrogens is 376 g/mol. The molecule has 0 N–H and O–H groups in total. The van der Waals surface area contributed by atoms with Gasteiger partial charge >= 0.3 is 0 Å². The molecular formula is C21H22N2O4S. The molecule has 146 valence electrons. The molecule has 3 aromatic rings. The zero-order valence-corrected chi connectivity index (χ0v) is 16.4. The molecule has 0 spiro atoms. The second kappa shape index (κ2) is 7.77. The monoisotopic (exact) mass is 398 g/mol. The first kappa shape index (κ1) is 18.7. The van der Waals surface area contributed by atoms with Crippen molar-refractivity contribution in [1.29, 1.82) is 0 Å². The van der Waals surface area contributed by atoms with Gasteiger partial charge in [0.15, 0.2) is 0 Å². The number of piperidine rings is 1. The van der Waals surface area contributed by atoms with Crippen molar-refractivity contribution >= 4 is 20.9 Å². The Labute approximate surface area is 164 Å². The van der Waals surface area contributed by atoms with Crippen molar-refractivity contribution in [2.45, 2.75) is 23.8 Å². The fourth-order valence-corrected chi connectivity index (χ4v) is 4.96. The van der Waals surface area contributed by atoms with Gasteiger partial charge in [-0.05, 0) is 37.1 Å². The average molecular weight is 398 g/mol. The van der Waals surface area contributed by atoms with Gasteiger partial charge in [-0.2, -0.15) is 4.31 Å². The lowest BCUT2D eigenvalue weighted by atomic mass is 10.1. The van der Waals surface area contributed by atoms with Gasteiger partial charge in [0, 0.05) is 30.7 Å². The standard InChI is InChI=1S/C21H22N2O4S/c1-26-18-7-3-8-19(15-18)28(24,25)23-13-10-17(11-14-23)27-20-9-2-5-16-6-4-12-22-21(16)20/h2-9,12,15,17H,10-11,13-14H2,1H3. The predicted molar refractivity (Wildman–Crippen MR) is 107 cm³/mol. The van der Waals surface area contributed by atoms with Gasteiger partial charge in [-0.15, -0.1) is 0 Å². The first-order chi connectivity index (χ1) is 13.6. The van der Waals surface area contributed by atoms with Gasteiger partial charge in [-0.1, -0.05) is 24.3 Å². The van der Waals surface area contributed by atoms with E-state index in [1.807, 2.05) is 30.3 Å². The maximum Gasteiger partial charge on any atom is 0.243 e. The van der Waals surface area contributed by atoms with Gasteiger partial charge in [-0.3, -0.25) is 4.98 Å². The molecule has 6 nitrogen and oxygen atoms in total. The van der Waals surface area contributed by atoms with Crippen LogP contribution in [-0.2, 0) is 10.0 Å². The topological polar surface area (TPSA) is 68.7 Å². The number of fused-ring (bicyclic) bond motifs is 1. The second-order valence-electron chi connectivity index (χ2n) is 6.73. The molecule has 0 radical (unpaired) electrons. The van der Waals surface area contributed by atoms with E-state index in [1.165, 1.54) is 11.4 Å². The first-order valence-corrected chi connectivity index (χ1v) is 10.7. The Morgan fingerprint density at radius 3 is 2.57 bits per heavy atom. The molecule has 0 aliphatic carbocycles. The molecule has 0 bridgehead atoms. The highest BCUT2D eigenvalue weighted by Gasteiger charge is 2.30. The van der Waals surface area contributed by atoms with Crippen LogP contribution in [0.5, 0.6) is 11.5 Å². The number of hydrogen-bond donors (Lipinski definition) is 0. The SMILES string of the molecule is COc1cccc(S(=O)(=O)N2CCC(Oc3cccc4cccnc34)CC2)c1. The second-order valence-corrected chi connectivity index (χ2v) is 8.67. The fourth-order valence-electron chi connectivity index (χ4n) is 3.45. The normalized spacial score (nSPS) is 16.2. The van der Waals surface area contributed by atoms with Crippen LogP contribution in [0.4, 0.5) is 0 Å². The van der Waals surface area contributed by atoms with Gasteiger partial charge in [0.1, 0.15) is 23.1 Å². The van der Waals surface area contributed by atoms with Crippen molar-refractivity contribution in [3.63, 3.8) is 0 Å². The van der Waals surface area contributed by atoms with Crippen LogP contribution in [-0.4, -0.2) is 44.0 Å². The molecule has 4 rings (SSSR count). The van der Waals surface area contributed by atoms with E-state index >= 15 is 0 Å². The third-order valence-corrected chi connectivity index (χ3v) is 6.86. The molecule has 0 atom stereocenters. The lowest BCUT2D eigenvalue weighted by molar-refractivity contribution is 0.136. The highest BCUT2D eigenvalue weighted by Crippen LogP contribution is 2.28. The van der Waals surface area contributed by atoms with Gasteiger partial charge < -0.3 is 9.47 Å². The van der Waals surface area contributed by atoms with Gasteiger partial charge in [-0.25, -0.2) is 8.42 Å². The van der Waals surface area contributed by atoms with Gasteiger partial charge in [0.25, 0.3) is 0 Å². The largest absolute Gasteiger partial charge is 0.497 e. The van der Waals surface area contributed by atoms with Crippen molar-refractivity contribution in [1.82, 2.24) is 9.29 Å². The summed E-state index contributed by atoms with van der Waals surface area (Å²) in [5.41, 5.74) is 0.830. The Balaban J connectivity index is 1.45. The molecule has 1 fully saturated rings. The van der Waals surface area contributed by atoms with E-state index in [2.05, 4.69) is 4.98 Å². The minimum Gasteiger partial charge on any atom is -0.497 e. The minimum absolute atomic E-state index is 0.0376. The number of pyridine rings is 1. The third kappa shape index (κ3) is 3.68. The Kier molecular flexibility index (Phi) is 5.19. The van der Waals surface area contributed by atoms with E-state index in [9.17, 15) is 8.42 Å². The quantitative estimate of drug-likeness (QED) is 0.658. The maximum atomic E-state index is 12.9. The summed E-state index contributed by atoms with van der Waals surface area (Å²) in [6, 6.07) is 16.3. The number of rotatable bonds is 5. The number of sulfonamides is 1. The Bertz CT molecular complexity index is 1070. The molecule has 0 unspecified atom stereocenters. The molecule has 7 heteroatoms. The van der Waals surface area contributed by atoms with Crippen LogP contribution >= 0.6 is 0 Å². The van der Waals surface area contributed by atoms with Gasteiger partial charge in [0.05, 0.1) is 12.0 Å². The van der Waals surface area contributed by atoms with E-state index in [1.54, 1.807) is 30.5 Å². The van der Waals surface area contributed by atoms with Crippen molar-refractivity contribution in [3.8, 4) is 11.5 Å². The molecule has 1 aromatic heterocycles. The van der Waals surface area contributed by atoms with E-state index in [0.717, 1.165) is 16.7 Å². The molecule has 2 aromatic carbocycles. The van der Waals surface area contributed by atoms with Crippen LogP contribution in [0.3, 0.4) is 0 Å². The molecule has 0 saturated carbocycles. The summed E-state index contributed by atoms with van der Waals surface area (Å²) in [6.45, 7) is 0.838. The highest BCUT2D eigenvalue weighted by atomic mass is 32.2. The predicted octanol–water partition coefficient (Wildman–Crippen LogP) is 3.48. The summed E-state index contributed by atoms with van der Waals surface area (Å²) in [7, 11) is -2.02. The van der Waals surface area contributed by atoms with Crippen molar-refractivity contribution < 1.29 is 17.9 Å². The number of aromatic nitrogens is 1. The summed E-state index contributed by atoms with van der Waals surface area (Å²) in [5.74, 6) is 1.27. The summed E-state index contributed by atoms with van der Waals surface area (Å²) >= 11 is 0. The Hall–Kier alpha value is -2.64. The van der Waals surface area contributed by atoms with Crippen LogP contribution < -0.4 is 9.47 Å². The van der Waals surface area contributed by atoms with Gasteiger partial charge in [0.2, 0.25) is 10.0 Å². The molecule has 1 saturated heterocycles. The van der Waals surface area contributed by atoms with E-state index in [-0.39, 0.29) is 11.0 Å². The molecule has 2 heterocycles. The average Bonchev–Trinajstić information content (AvgIpc) is 2.74. The van der Waals surface area contributed by atoms with E-state index in [0.29, 0.717) is 31.7 Å². The summed E-state index contributed by atoms with van der Waals surface area (Å²) in [5, 5.41) is 1.03. The summed E-state index contributed by atoms with van der Waals surface area (Å²) < 4.78 is 38.7. The number of para-hydroxylation sites is 1. The van der Waals surface area contributed by atoms with Crippen molar-refractivity contribution in [2.75, 3.05) is 20.2 Å². The fraction of sp³-hybridized carbons (Fsp3) is 0.286. The zero-order chi connectivity index (χ0) is 19.6. The summed E-state index contributed by atoms with van der Waals surface area (Å²) in [4.78, 5) is 4.67. The number of benzene rings is 2. The third-order valence-electron chi connectivity index (χ3n) is 4.97. The van der Waals surface area contributed by atoms with E-state index in [4.69, 9.17) is 9.47 Å². The zero-order valence-electron chi connectivity index (χ0n) is 15.6. The number of nitrogens with zero attached hydrogens (tertiary/aromatic N) is 2. The van der Waals surface area contributed by atoms with Crippen molar-refractivity contribution in [3.05, 3.63) is 60.8 Å². The molecule has 1 aliphatic heterocycles. The minimum atomic E-state index is -3.54. The molecule has 1 aliphatic rings.